The van der Waals surface area contributed by atoms with Crippen molar-refractivity contribution in [3.05, 3.63) is 92.1 Å². The molecule has 5 rings (SSSR count). The summed E-state index contributed by atoms with van der Waals surface area (Å²) in [6, 6.07) is 20.1. The average Bonchev–Trinajstić information content (AvgIpc) is 3.28. The standard InChI is InChI=1S/C27H21BrClN3O3/c1-3-16(2)34-24-10-8-17(12-21(24)29)15-30-32-26(31-22-7-5-4-6-20(22)27(32)33)25-14-18-13-19(28)9-11-23(18)35-25/h4-16H,3H2,1-2H3/t16-/m1/s1. The van der Waals surface area contributed by atoms with Gasteiger partial charge in [-0.2, -0.15) is 9.78 Å². The first-order chi connectivity index (χ1) is 16.9. The second-order valence-corrected chi connectivity index (χ2v) is 9.46. The van der Waals surface area contributed by atoms with E-state index in [4.69, 9.17) is 25.7 Å². The molecular weight excluding hydrogens is 530 g/mol. The summed E-state index contributed by atoms with van der Waals surface area (Å²) >= 11 is 9.90. The van der Waals surface area contributed by atoms with Crippen LogP contribution in [-0.4, -0.2) is 22.0 Å². The predicted octanol–water partition coefficient (Wildman–Crippen LogP) is 7.29. The van der Waals surface area contributed by atoms with Gasteiger partial charge in [0, 0.05) is 9.86 Å². The molecule has 35 heavy (non-hydrogen) atoms. The van der Waals surface area contributed by atoms with Gasteiger partial charge in [-0.15, -0.1) is 0 Å². The van der Waals surface area contributed by atoms with Crippen LogP contribution < -0.4 is 10.3 Å². The molecule has 0 aliphatic carbocycles. The van der Waals surface area contributed by atoms with Crippen LogP contribution in [0.4, 0.5) is 0 Å². The molecule has 8 heteroatoms. The number of rotatable bonds is 6. The van der Waals surface area contributed by atoms with E-state index in [1.807, 2.05) is 50.2 Å². The minimum Gasteiger partial charge on any atom is -0.489 e. The molecule has 0 saturated heterocycles. The van der Waals surface area contributed by atoms with E-state index >= 15 is 0 Å². The Balaban J connectivity index is 1.61. The smallest absolute Gasteiger partial charge is 0.282 e. The molecule has 3 aromatic carbocycles. The average molecular weight is 551 g/mol. The highest BCUT2D eigenvalue weighted by Gasteiger charge is 2.16. The maximum absolute atomic E-state index is 13.4. The summed E-state index contributed by atoms with van der Waals surface area (Å²) < 4.78 is 14.1. The fourth-order valence-corrected chi connectivity index (χ4v) is 4.24. The maximum atomic E-state index is 13.4. The van der Waals surface area contributed by atoms with Crippen molar-refractivity contribution in [3.63, 3.8) is 0 Å². The first-order valence-corrected chi connectivity index (χ1v) is 12.3. The zero-order chi connectivity index (χ0) is 24.5. The first kappa shape index (κ1) is 23.3. The van der Waals surface area contributed by atoms with Crippen molar-refractivity contribution >= 4 is 55.6 Å². The third kappa shape index (κ3) is 4.74. The lowest BCUT2D eigenvalue weighted by Gasteiger charge is -2.14. The lowest BCUT2D eigenvalue weighted by Crippen LogP contribution is -2.20. The van der Waals surface area contributed by atoms with Crippen molar-refractivity contribution in [1.82, 2.24) is 9.66 Å². The van der Waals surface area contributed by atoms with Crippen LogP contribution in [0, 0.1) is 0 Å². The van der Waals surface area contributed by atoms with Gasteiger partial charge in [-0.3, -0.25) is 4.79 Å². The molecule has 0 bridgehead atoms. The van der Waals surface area contributed by atoms with Crippen LogP contribution in [0.1, 0.15) is 25.8 Å². The highest BCUT2D eigenvalue weighted by Crippen LogP contribution is 2.30. The van der Waals surface area contributed by atoms with Crippen molar-refractivity contribution in [2.75, 3.05) is 0 Å². The number of ether oxygens (including phenoxy) is 1. The summed E-state index contributed by atoms with van der Waals surface area (Å²) in [6.45, 7) is 4.04. The lowest BCUT2D eigenvalue weighted by atomic mass is 10.2. The molecule has 0 amide bonds. The van der Waals surface area contributed by atoms with Crippen molar-refractivity contribution in [2.24, 2.45) is 5.10 Å². The maximum Gasteiger partial charge on any atom is 0.282 e. The second kappa shape index (κ2) is 9.68. The molecule has 2 heterocycles. The third-order valence-corrected chi connectivity index (χ3v) is 6.42. The number of fused-ring (bicyclic) bond motifs is 2. The van der Waals surface area contributed by atoms with Crippen LogP contribution in [0.3, 0.4) is 0 Å². The molecule has 0 spiro atoms. The van der Waals surface area contributed by atoms with Crippen LogP contribution in [-0.2, 0) is 0 Å². The molecule has 0 radical (unpaired) electrons. The van der Waals surface area contributed by atoms with E-state index < -0.39 is 0 Å². The Labute approximate surface area is 214 Å². The number of hydrogen-bond acceptors (Lipinski definition) is 5. The minimum atomic E-state index is -0.300. The Morgan fingerprint density at radius 1 is 1.17 bits per heavy atom. The third-order valence-electron chi connectivity index (χ3n) is 5.63. The van der Waals surface area contributed by atoms with Gasteiger partial charge in [0.15, 0.2) is 5.76 Å². The number of furan rings is 1. The van der Waals surface area contributed by atoms with Gasteiger partial charge in [-0.05, 0) is 73.5 Å². The van der Waals surface area contributed by atoms with Gasteiger partial charge in [-0.25, -0.2) is 4.98 Å². The van der Waals surface area contributed by atoms with Crippen LogP contribution in [0.5, 0.6) is 5.75 Å². The largest absolute Gasteiger partial charge is 0.489 e. The summed E-state index contributed by atoms with van der Waals surface area (Å²) in [5, 5.41) is 6.31. The second-order valence-electron chi connectivity index (χ2n) is 8.13. The van der Waals surface area contributed by atoms with Crippen molar-refractivity contribution < 1.29 is 9.15 Å². The zero-order valence-electron chi connectivity index (χ0n) is 19.0. The number of benzene rings is 3. The van der Waals surface area contributed by atoms with E-state index in [0.29, 0.717) is 44.4 Å². The van der Waals surface area contributed by atoms with Crippen molar-refractivity contribution in [2.45, 2.75) is 26.4 Å². The molecular formula is C27H21BrClN3O3. The number of para-hydroxylation sites is 1. The van der Waals surface area contributed by atoms with E-state index in [-0.39, 0.29) is 11.7 Å². The van der Waals surface area contributed by atoms with E-state index in [2.05, 4.69) is 21.0 Å². The van der Waals surface area contributed by atoms with E-state index in [9.17, 15) is 4.79 Å². The molecule has 0 unspecified atom stereocenters. The molecule has 0 fully saturated rings. The monoisotopic (exact) mass is 549 g/mol. The molecule has 1 atom stereocenters. The van der Waals surface area contributed by atoms with Gasteiger partial charge in [0.25, 0.3) is 5.56 Å². The van der Waals surface area contributed by atoms with Gasteiger partial charge in [-0.1, -0.05) is 46.6 Å². The zero-order valence-corrected chi connectivity index (χ0v) is 21.4. The van der Waals surface area contributed by atoms with E-state index in [1.54, 1.807) is 36.5 Å². The van der Waals surface area contributed by atoms with Crippen molar-refractivity contribution in [3.8, 4) is 17.3 Å². The summed E-state index contributed by atoms with van der Waals surface area (Å²) in [6.07, 6.45) is 2.50. The van der Waals surface area contributed by atoms with Gasteiger partial charge in [0.2, 0.25) is 5.82 Å². The van der Waals surface area contributed by atoms with E-state index in [0.717, 1.165) is 16.3 Å². The fourth-order valence-electron chi connectivity index (χ4n) is 3.63. The minimum absolute atomic E-state index is 0.0567. The predicted molar refractivity (Wildman–Crippen MR) is 144 cm³/mol. The summed E-state index contributed by atoms with van der Waals surface area (Å²) in [5.74, 6) is 1.35. The number of aromatic nitrogens is 2. The van der Waals surface area contributed by atoms with Gasteiger partial charge in [0.1, 0.15) is 11.3 Å². The molecule has 176 valence electrons. The molecule has 0 saturated carbocycles. The van der Waals surface area contributed by atoms with Crippen LogP contribution in [0.2, 0.25) is 5.02 Å². The Hall–Kier alpha value is -3.42. The Bertz CT molecular complexity index is 1640. The topological polar surface area (TPSA) is 69.6 Å². The van der Waals surface area contributed by atoms with E-state index in [1.165, 1.54) is 4.68 Å². The van der Waals surface area contributed by atoms with Crippen LogP contribution in [0.15, 0.2) is 85.5 Å². The molecule has 6 nitrogen and oxygen atoms in total. The summed E-state index contributed by atoms with van der Waals surface area (Å²) in [7, 11) is 0. The molecule has 2 aromatic heterocycles. The van der Waals surface area contributed by atoms with Gasteiger partial charge in [0.05, 0.1) is 28.2 Å². The molecule has 0 N–H and O–H groups in total. The van der Waals surface area contributed by atoms with Crippen LogP contribution >= 0.6 is 27.5 Å². The number of nitrogens with zero attached hydrogens (tertiary/aromatic N) is 3. The Morgan fingerprint density at radius 2 is 2.00 bits per heavy atom. The molecule has 5 aromatic rings. The normalized spacial score (nSPS) is 12.6. The molecule has 0 aliphatic heterocycles. The fraction of sp³-hybridized carbons (Fsp3) is 0.148. The van der Waals surface area contributed by atoms with Crippen LogP contribution in [0.25, 0.3) is 33.5 Å². The van der Waals surface area contributed by atoms with Gasteiger partial charge >= 0.3 is 0 Å². The van der Waals surface area contributed by atoms with Gasteiger partial charge < -0.3 is 9.15 Å². The number of hydrogen-bond donors (Lipinski definition) is 0. The highest BCUT2D eigenvalue weighted by atomic mass is 79.9. The first-order valence-electron chi connectivity index (χ1n) is 11.1. The number of halogens is 2. The highest BCUT2D eigenvalue weighted by molar-refractivity contribution is 9.10. The Kier molecular flexibility index (Phi) is 6.45. The lowest BCUT2D eigenvalue weighted by molar-refractivity contribution is 0.217. The SMILES string of the molecule is CC[C@@H](C)Oc1ccc(C=Nn2c(-c3cc4cc(Br)ccc4o3)nc3ccccc3c2=O)cc1Cl. The summed E-state index contributed by atoms with van der Waals surface area (Å²) in [5.41, 5.74) is 1.66. The molecule has 0 aliphatic rings. The van der Waals surface area contributed by atoms with Crippen molar-refractivity contribution in [1.29, 1.82) is 0 Å². The quantitative estimate of drug-likeness (QED) is 0.208. The summed E-state index contributed by atoms with van der Waals surface area (Å²) in [4.78, 5) is 18.1. The Morgan fingerprint density at radius 3 is 2.80 bits per heavy atom.